The second-order valence-corrected chi connectivity index (χ2v) is 9.95. The van der Waals surface area contributed by atoms with E-state index in [0.717, 1.165) is 39.5 Å². The number of para-hydroxylation sites is 2. The first-order valence-electron chi connectivity index (χ1n) is 11.6. The van der Waals surface area contributed by atoms with E-state index in [0.29, 0.717) is 13.1 Å². The molecule has 0 saturated heterocycles. The Balaban J connectivity index is 1.13. The fraction of sp³-hybridized carbons (Fsp3) is 0.308. The molecule has 9 heteroatoms. The van der Waals surface area contributed by atoms with Crippen molar-refractivity contribution in [3.05, 3.63) is 81.5 Å². The largest absolute Gasteiger partial charge is 0.380 e. The van der Waals surface area contributed by atoms with Gasteiger partial charge in [-0.2, -0.15) is 0 Å². The number of aliphatic hydroxyl groups is 2. The molecule has 0 bridgehead atoms. The molecule has 0 saturated carbocycles. The lowest BCUT2D eigenvalue weighted by Gasteiger charge is -2.23. The minimum Gasteiger partial charge on any atom is -0.380 e. The molecule has 2 aliphatic rings. The lowest BCUT2D eigenvalue weighted by Crippen LogP contribution is -2.49. The van der Waals surface area contributed by atoms with Crippen LogP contribution in [0.1, 0.15) is 28.5 Å². The third kappa shape index (κ3) is 4.75. The Hall–Kier alpha value is -3.40. The van der Waals surface area contributed by atoms with Crippen molar-refractivity contribution in [3.8, 4) is 0 Å². The Morgan fingerprint density at radius 3 is 2.51 bits per heavy atom. The maximum Gasteiger partial charge on any atom is 0.255 e. The van der Waals surface area contributed by atoms with Gasteiger partial charge in [0.15, 0.2) is 12.2 Å². The van der Waals surface area contributed by atoms with Crippen LogP contribution in [0.25, 0.3) is 0 Å². The lowest BCUT2D eigenvalue weighted by atomic mass is 10.1. The molecule has 1 aromatic heterocycles. The molecule has 0 aliphatic carbocycles. The predicted molar refractivity (Wildman–Crippen MR) is 135 cm³/mol. The van der Waals surface area contributed by atoms with E-state index < -0.39 is 24.0 Å². The summed E-state index contributed by atoms with van der Waals surface area (Å²) in [7, 11) is 0. The molecule has 8 nitrogen and oxygen atoms in total. The summed E-state index contributed by atoms with van der Waals surface area (Å²) in [5.74, 6) is -1.43. The number of aliphatic hydroxyl groups excluding tert-OH is 2. The second-order valence-electron chi connectivity index (χ2n) is 8.96. The minimum atomic E-state index is -1.83. The maximum atomic E-state index is 12.6. The topological polar surface area (TPSA) is 105 Å². The van der Waals surface area contributed by atoms with Crippen LogP contribution in [0.4, 0.5) is 11.4 Å². The van der Waals surface area contributed by atoms with Gasteiger partial charge in [-0.3, -0.25) is 9.59 Å². The molecule has 0 fully saturated rings. The quantitative estimate of drug-likeness (QED) is 0.404. The third-order valence-corrected chi connectivity index (χ3v) is 7.50. The summed E-state index contributed by atoms with van der Waals surface area (Å²) in [6, 6.07) is 17.8. The predicted octanol–water partition coefficient (Wildman–Crippen LogP) is 2.41. The minimum absolute atomic E-state index is 0.174. The summed E-state index contributed by atoms with van der Waals surface area (Å²) >= 11 is 1.52. The molecule has 182 valence electrons. The molecule has 4 N–H and O–H groups in total. The summed E-state index contributed by atoms with van der Waals surface area (Å²) in [6.07, 6.45) is -3.47. The number of hydrogen-bond donors (Lipinski definition) is 4. The van der Waals surface area contributed by atoms with Crippen LogP contribution in [0.3, 0.4) is 0 Å². The molecule has 0 radical (unpaired) electrons. The van der Waals surface area contributed by atoms with Gasteiger partial charge in [-0.25, -0.2) is 0 Å². The van der Waals surface area contributed by atoms with Crippen LogP contribution in [0.5, 0.6) is 0 Å². The van der Waals surface area contributed by atoms with Gasteiger partial charge >= 0.3 is 0 Å². The van der Waals surface area contributed by atoms with Crippen LogP contribution in [0, 0.1) is 0 Å². The molecule has 2 aromatic carbocycles. The number of nitrogens with one attached hydrogen (secondary N) is 2. The molecular weight excluding hydrogens is 464 g/mol. The first kappa shape index (κ1) is 23.3. The number of carbonyl (C=O) groups excluding carboxylic acids is 2. The van der Waals surface area contributed by atoms with Crippen molar-refractivity contribution in [2.45, 2.75) is 51.5 Å². The van der Waals surface area contributed by atoms with Crippen molar-refractivity contribution < 1.29 is 19.8 Å². The highest BCUT2D eigenvalue weighted by atomic mass is 32.1. The van der Waals surface area contributed by atoms with Crippen molar-refractivity contribution in [1.29, 1.82) is 0 Å². The maximum absolute atomic E-state index is 12.6. The number of anilines is 2. The zero-order valence-corrected chi connectivity index (χ0v) is 20.2. The number of hydrogen-bond acceptors (Lipinski definition) is 7. The van der Waals surface area contributed by atoms with Crippen LogP contribution in [0.2, 0.25) is 0 Å². The second kappa shape index (κ2) is 9.69. The van der Waals surface area contributed by atoms with Gasteiger partial charge in [0.1, 0.15) is 0 Å². The summed E-state index contributed by atoms with van der Waals surface area (Å²) in [5.41, 5.74) is 5.40. The number of fused-ring (bicyclic) bond motifs is 2. The van der Waals surface area contributed by atoms with Crippen LogP contribution in [-0.4, -0.2) is 45.3 Å². The summed E-state index contributed by atoms with van der Waals surface area (Å²) < 4.78 is 0. The summed E-state index contributed by atoms with van der Waals surface area (Å²) in [6.45, 7) is 3.76. The molecule has 1 unspecified atom stereocenters. The number of carbonyl (C=O) groups is 2. The van der Waals surface area contributed by atoms with E-state index >= 15 is 0 Å². The van der Waals surface area contributed by atoms with Crippen LogP contribution >= 0.6 is 11.3 Å². The van der Waals surface area contributed by atoms with E-state index in [4.69, 9.17) is 0 Å². The van der Waals surface area contributed by atoms with E-state index in [2.05, 4.69) is 40.0 Å². The fourth-order valence-electron chi connectivity index (χ4n) is 4.61. The lowest BCUT2D eigenvalue weighted by molar-refractivity contribution is -0.153. The van der Waals surface area contributed by atoms with E-state index in [9.17, 15) is 19.8 Å². The molecular formula is C26H28N4O4S. The molecule has 3 heterocycles. The van der Waals surface area contributed by atoms with E-state index in [1.54, 1.807) is 0 Å². The average Bonchev–Trinajstić information content (AvgIpc) is 3.58. The molecule has 3 aromatic rings. The first-order valence-corrected chi connectivity index (χ1v) is 12.5. The van der Waals surface area contributed by atoms with Gasteiger partial charge in [-0.15, -0.1) is 11.3 Å². The number of nitrogens with zero attached hydrogens (tertiary/aromatic N) is 2. The van der Waals surface area contributed by atoms with Crippen molar-refractivity contribution in [2.75, 3.05) is 10.2 Å². The van der Waals surface area contributed by atoms with Gasteiger partial charge in [0.25, 0.3) is 11.8 Å². The normalized spacial score (nSPS) is 18.0. The van der Waals surface area contributed by atoms with Gasteiger partial charge in [0.05, 0.1) is 24.1 Å². The first-order chi connectivity index (χ1) is 16.9. The molecule has 3 atom stereocenters. The highest BCUT2D eigenvalue weighted by molar-refractivity contribution is 7.10. The molecule has 2 aliphatic heterocycles. The van der Waals surface area contributed by atoms with Gasteiger partial charge in [-0.1, -0.05) is 36.4 Å². The van der Waals surface area contributed by atoms with Crippen molar-refractivity contribution in [1.82, 2.24) is 10.2 Å². The number of thiophene rings is 1. The van der Waals surface area contributed by atoms with Crippen LogP contribution < -0.4 is 15.5 Å². The van der Waals surface area contributed by atoms with E-state index in [1.165, 1.54) is 16.2 Å². The van der Waals surface area contributed by atoms with Gasteiger partial charge in [0, 0.05) is 24.5 Å². The molecule has 2 amide bonds. The van der Waals surface area contributed by atoms with E-state index in [-0.39, 0.29) is 12.7 Å². The van der Waals surface area contributed by atoms with Gasteiger partial charge in [0.2, 0.25) is 0 Å². The number of amides is 2. The smallest absolute Gasteiger partial charge is 0.255 e. The monoisotopic (exact) mass is 492 g/mol. The molecule has 5 rings (SSSR count). The zero-order valence-electron chi connectivity index (χ0n) is 19.3. The standard InChI is InChI=1S/C26H28N4O4S/c1-16-28-21-8-4-5-9-22(21)30(16)12-17-10-20(35-15-17)11-27-25(33)23(31)24(32)26(34)29-13-18-6-2-3-7-19(18)14-29/h2-10,15-16,23-24,28,31-32H,11-14H2,1H3,(H,27,33)/t16?,23-,24-/m1/s1. The highest BCUT2D eigenvalue weighted by Crippen LogP contribution is 2.35. The Morgan fingerprint density at radius 2 is 1.77 bits per heavy atom. The number of rotatable bonds is 7. The Morgan fingerprint density at radius 1 is 1.09 bits per heavy atom. The SMILES string of the molecule is CC1Nc2ccccc2N1Cc1csc(CNC(=O)[C@H](O)[C@@H](O)C(=O)N2Cc3ccccc3C2)c1. The van der Waals surface area contributed by atoms with Crippen LogP contribution in [-0.2, 0) is 35.8 Å². The Labute approximate surface area is 207 Å². The highest BCUT2D eigenvalue weighted by Gasteiger charge is 2.35. The Kier molecular flexibility index (Phi) is 6.46. The third-order valence-electron chi connectivity index (χ3n) is 6.52. The van der Waals surface area contributed by atoms with Gasteiger partial charge < -0.3 is 30.6 Å². The van der Waals surface area contributed by atoms with Gasteiger partial charge in [-0.05, 0) is 47.2 Å². The Bertz CT molecular complexity index is 1220. The van der Waals surface area contributed by atoms with Crippen molar-refractivity contribution in [2.24, 2.45) is 0 Å². The van der Waals surface area contributed by atoms with Crippen LogP contribution in [0.15, 0.2) is 60.0 Å². The molecule has 0 spiro atoms. The van der Waals surface area contributed by atoms with Crippen molar-refractivity contribution in [3.63, 3.8) is 0 Å². The summed E-state index contributed by atoms with van der Waals surface area (Å²) in [4.78, 5) is 29.8. The molecule has 35 heavy (non-hydrogen) atoms. The van der Waals surface area contributed by atoms with Crippen molar-refractivity contribution >= 4 is 34.5 Å². The summed E-state index contributed by atoms with van der Waals surface area (Å²) in [5, 5.41) is 28.8. The fourth-order valence-corrected chi connectivity index (χ4v) is 5.43. The zero-order chi connectivity index (χ0) is 24.5. The van der Waals surface area contributed by atoms with E-state index in [1.807, 2.05) is 42.5 Å². The average molecular weight is 493 g/mol. The number of benzene rings is 2.